The molecule has 0 aromatic carbocycles. The minimum absolute atomic E-state index is 0.194. The molecule has 1 atom stereocenters. The zero-order chi connectivity index (χ0) is 29.9. The molecule has 3 rings (SSSR count). The zero-order valence-electron chi connectivity index (χ0n) is 27.2. The highest BCUT2D eigenvalue weighted by atomic mass is 16.1. The molecule has 0 aromatic rings. The third-order valence-electron chi connectivity index (χ3n) is 9.59. The molecular formula is C37H60N2O. The Kier molecular flexibility index (Phi) is 14.1. The first kappa shape index (κ1) is 34.2. The fourth-order valence-corrected chi connectivity index (χ4v) is 6.72. The number of carbonyl (C=O) groups is 1. The van der Waals surface area contributed by atoms with Crippen molar-refractivity contribution < 1.29 is 4.79 Å². The molecule has 3 aliphatic carbocycles. The Morgan fingerprint density at radius 2 is 1.65 bits per heavy atom. The second kappa shape index (κ2) is 16.4. The largest absolute Gasteiger partial charge is 0.316 e. The number of aliphatic imine (C=N–C) groups is 1. The number of fused-ring (bicyclic) bond motifs is 3. The van der Waals surface area contributed by atoms with E-state index in [-0.39, 0.29) is 5.78 Å². The van der Waals surface area contributed by atoms with E-state index in [1.165, 1.54) is 55.2 Å². The molecule has 0 amide bonds. The van der Waals surface area contributed by atoms with E-state index in [9.17, 15) is 4.79 Å². The van der Waals surface area contributed by atoms with Crippen LogP contribution in [0.1, 0.15) is 119 Å². The maximum atomic E-state index is 13.1. The van der Waals surface area contributed by atoms with Gasteiger partial charge in [0.2, 0.25) is 0 Å². The van der Waals surface area contributed by atoms with Gasteiger partial charge in [0, 0.05) is 31.2 Å². The quantitative estimate of drug-likeness (QED) is 0.0609. The van der Waals surface area contributed by atoms with Crippen LogP contribution in [0.5, 0.6) is 0 Å². The summed E-state index contributed by atoms with van der Waals surface area (Å²) in [5.74, 6) is 2.21. The fourth-order valence-electron chi connectivity index (χ4n) is 6.72. The van der Waals surface area contributed by atoms with Crippen molar-refractivity contribution >= 4 is 11.5 Å². The van der Waals surface area contributed by atoms with E-state index in [4.69, 9.17) is 4.99 Å². The summed E-state index contributed by atoms with van der Waals surface area (Å²) < 4.78 is 0. The highest BCUT2D eigenvalue weighted by molar-refractivity contribution is 6.04. The Hall–Kier alpha value is -2.00. The summed E-state index contributed by atoms with van der Waals surface area (Å²) in [6.45, 7) is 28.4. The predicted molar refractivity (Wildman–Crippen MR) is 176 cm³/mol. The van der Waals surface area contributed by atoms with Gasteiger partial charge in [-0.1, -0.05) is 71.1 Å². The normalized spacial score (nSPS) is 22.8. The van der Waals surface area contributed by atoms with Crippen molar-refractivity contribution in [1.29, 1.82) is 0 Å². The number of unbranched alkanes of at least 4 members (excludes halogenated alkanes) is 1. The van der Waals surface area contributed by atoms with Crippen molar-refractivity contribution in [3.05, 3.63) is 59.3 Å². The standard InChI is InChI=1S/C37H60N2O/c1-11-12-13-35(40)29(7)23-33(24-30(8)37-18-14-32(15-19-37)16-20-37)36(31(9)38-10)34(27(4)5)22-28(6)17-21-39-25-26(2)3/h24,26,30,32,39H,4,6-7,11-23,25H2,1-3,5,8-10H3/b33-24-,36-34+,38-31-. The molecule has 1 N–H and O–H groups in total. The topological polar surface area (TPSA) is 41.5 Å². The predicted octanol–water partition coefficient (Wildman–Crippen LogP) is 9.77. The third kappa shape index (κ3) is 9.82. The van der Waals surface area contributed by atoms with Crippen LogP contribution in [0.4, 0.5) is 0 Å². The van der Waals surface area contributed by atoms with Crippen molar-refractivity contribution in [3.63, 3.8) is 0 Å². The molecule has 1 unspecified atom stereocenters. The van der Waals surface area contributed by atoms with E-state index in [1.54, 1.807) is 0 Å². The number of rotatable bonds is 18. The highest BCUT2D eigenvalue weighted by Gasteiger charge is 2.43. The van der Waals surface area contributed by atoms with Crippen LogP contribution < -0.4 is 5.32 Å². The van der Waals surface area contributed by atoms with Gasteiger partial charge in [-0.05, 0) is 125 Å². The number of allylic oxidation sites excluding steroid dienone is 6. The lowest BCUT2D eigenvalue weighted by Crippen LogP contribution is -2.38. The lowest BCUT2D eigenvalue weighted by molar-refractivity contribution is -0.115. The van der Waals surface area contributed by atoms with Gasteiger partial charge in [-0.2, -0.15) is 0 Å². The van der Waals surface area contributed by atoms with E-state index >= 15 is 0 Å². The monoisotopic (exact) mass is 548 g/mol. The molecule has 0 aromatic heterocycles. The van der Waals surface area contributed by atoms with E-state index < -0.39 is 0 Å². The molecule has 3 nitrogen and oxygen atoms in total. The summed E-state index contributed by atoms with van der Waals surface area (Å²) in [5, 5.41) is 3.55. The molecule has 2 bridgehead atoms. The van der Waals surface area contributed by atoms with Gasteiger partial charge in [0.05, 0.1) is 0 Å². The van der Waals surface area contributed by atoms with Crippen molar-refractivity contribution in [2.45, 2.75) is 119 Å². The minimum Gasteiger partial charge on any atom is -0.316 e. The Morgan fingerprint density at radius 3 is 2.17 bits per heavy atom. The molecule has 0 spiro atoms. The molecule has 224 valence electrons. The molecule has 3 heteroatoms. The molecule has 0 aliphatic heterocycles. The van der Waals surface area contributed by atoms with E-state index in [0.717, 1.165) is 67.1 Å². The molecule has 3 aliphatic rings. The van der Waals surface area contributed by atoms with Crippen LogP contribution in [0.25, 0.3) is 0 Å². The second-order valence-corrected chi connectivity index (χ2v) is 13.3. The number of hydrogen-bond donors (Lipinski definition) is 1. The smallest absolute Gasteiger partial charge is 0.158 e. The van der Waals surface area contributed by atoms with E-state index in [2.05, 4.69) is 72.7 Å². The second-order valence-electron chi connectivity index (χ2n) is 13.3. The SMILES string of the molecule is C=C(CCNCC(C)C)C/C(C(=C)C)=C(C(=C/C(C)C12CCC(CC1)CC2)\CC(=C)C(=O)CCCC)/C(C)=N\C. The number of Topliss-reactive ketones (excluding diaryl/α,β-unsaturated/α-hetero) is 1. The molecule has 40 heavy (non-hydrogen) atoms. The molecule has 0 heterocycles. The molecule has 0 radical (unpaired) electrons. The third-order valence-corrected chi connectivity index (χ3v) is 9.59. The van der Waals surface area contributed by atoms with Crippen LogP contribution in [0.2, 0.25) is 0 Å². The lowest BCUT2D eigenvalue weighted by Gasteiger charge is -2.49. The van der Waals surface area contributed by atoms with Crippen LogP contribution in [-0.2, 0) is 4.79 Å². The average Bonchev–Trinajstić information content (AvgIpc) is 2.93. The van der Waals surface area contributed by atoms with Crippen LogP contribution in [0, 0.1) is 23.2 Å². The Balaban J connectivity index is 2.52. The van der Waals surface area contributed by atoms with Gasteiger partial charge < -0.3 is 5.32 Å². The summed E-state index contributed by atoms with van der Waals surface area (Å²) in [5.41, 5.74) is 7.91. The van der Waals surface area contributed by atoms with Gasteiger partial charge in [0.15, 0.2) is 5.78 Å². The summed E-state index contributed by atoms with van der Waals surface area (Å²) in [7, 11) is 1.87. The van der Waals surface area contributed by atoms with Crippen LogP contribution >= 0.6 is 0 Å². The first-order valence-electron chi connectivity index (χ1n) is 16.1. The van der Waals surface area contributed by atoms with Gasteiger partial charge in [-0.25, -0.2) is 0 Å². The molecule has 0 saturated heterocycles. The van der Waals surface area contributed by atoms with E-state index in [1.807, 2.05) is 7.05 Å². The number of ketones is 1. The van der Waals surface area contributed by atoms with Gasteiger partial charge in [-0.3, -0.25) is 9.79 Å². The molecular weight excluding hydrogens is 488 g/mol. The number of carbonyl (C=O) groups excluding carboxylic acids is 1. The van der Waals surface area contributed by atoms with Crippen molar-refractivity contribution in [3.8, 4) is 0 Å². The average molecular weight is 549 g/mol. The zero-order valence-corrected chi connectivity index (χ0v) is 27.2. The van der Waals surface area contributed by atoms with Crippen molar-refractivity contribution in [2.75, 3.05) is 20.1 Å². The number of nitrogens with one attached hydrogen (secondary N) is 1. The summed E-state index contributed by atoms with van der Waals surface area (Å²) in [6.07, 6.45) is 15.4. The highest BCUT2D eigenvalue weighted by Crippen LogP contribution is 2.55. The van der Waals surface area contributed by atoms with Gasteiger partial charge >= 0.3 is 0 Å². The maximum Gasteiger partial charge on any atom is 0.158 e. The molecule has 3 fully saturated rings. The van der Waals surface area contributed by atoms with E-state index in [0.29, 0.717) is 30.1 Å². The van der Waals surface area contributed by atoms with Crippen molar-refractivity contribution in [1.82, 2.24) is 5.32 Å². The van der Waals surface area contributed by atoms with Crippen LogP contribution in [-0.4, -0.2) is 31.6 Å². The lowest BCUT2D eigenvalue weighted by atomic mass is 9.56. The van der Waals surface area contributed by atoms with Crippen LogP contribution in [0.15, 0.2) is 64.2 Å². The fraction of sp³-hybridized carbons (Fsp3) is 0.676. The Morgan fingerprint density at radius 1 is 1.02 bits per heavy atom. The first-order chi connectivity index (χ1) is 18.9. The summed E-state index contributed by atoms with van der Waals surface area (Å²) >= 11 is 0. The Bertz CT molecular complexity index is 983. The van der Waals surface area contributed by atoms with Crippen LogP contribution in [0.3, 0.4) is 0 Å². The number of hydrogen-bond acceptors (Lipinski definition) is 3. The maximum absolute atomic E-state index is 13.1. The first-order valence-corrected chi connectivity index (χ1v) is 16.1. The van der Waals surface area contributed by atoms with Gasteiger partial charge in [0.25, 0.3) is 0 Å². The van der Waals surface area contributed by atoms with Gasteiger partial charge in [-0.15, -0.1) is 0 Å². The van der Waals surface area contributed by atoms with Gasteiger partial charge in [0.1, 0.15) is 0 Å². The minimum atomic E-state index is 0.194. The van der Waals surface area contributed by atoms with Crippen molar-refractivity contribution in [2.24, 2.45) is 28.2 Å². The number of nitrogens with zero attached hydrogens (tertiary/aromatic N) is 1. The Labute approximate surface area is 247 Å². The molecule has 3 saturated carbocycles. The summed E-state index contributed by atoms with van der Waals surface area (Å²) in [4.78, 5) is 17.8. The summed E-state index contributed by atoms with van der Waals surface area (Å²) in [6, 6.07) is 0.